The highest BCUT2D eigenvalue weighted by molar-refractivity contribution is 7.15. The van der Waals surface area contributed by atoms with Gasteiger partial charge in [-0.05, 0) is 19.4 Å². The lowest BCUT2D eigenvalue weighted by atomic mass is 10.0. The van der Waals surface area contributed by atoms with E-state index in [4.69, 9.17) is 17.3 Å². The summed E-state index contributed by atoms with van der Waals surface area (Å²) >= 11 is 7.40. The molecule has 0 aliphatic rings. The highest BCUT2D eigenvalue weighted by atomic mass is 35.5. The Bertz CT molecular complexity index is 800. The summed E-state index contributed by atoms with van der Waals surface area (Å²) in [7, 11) is 0. The SMILES string of the molecule is C=C/C=C(\C=C/C)c1c(C(C)N)nc2scc(Cl)n2c1=O.CC. The van der Waals surface area contributed by atoms with Crippen molar-refractivity contribution in [2.24, 2.45) is 5.73 Å². The van der Waals surface area contributed by atoms with Crippen molar-refractivity contribution in [3.8, 4) is 0 Å². The molecule has 23 heavy (non-hydrogen) atoms. The summed E-state index contributed by atoms with van der Waals surface area (Å²) in [5.41, 5.74) is 7.51. The number of fused-ring (bicyclic) bond motifs is 1. The number of hydrogen-bond donors (Lipinski definition) is 1. The molecule has 2 N–H and O–H groups in total. The predicted molar refractivity (Wildman–Crippen MR) is 101 cm³/mol. The molecule has 2 heterocycles. The van der Waals surface area contributed by atoms with Crippen LogP contribution in [0.5, 0.6) is 0 Å². The molecule has 2 aromatic rings. The third kappa shape index (κ3) is 3.99. The third-order valence-electron chi connectivity index (χ3n) is 2.92. The largest absolute Gasteiger partial charge is 0.323 e. The van der Waals surface area contributed by atoms with Crippen molar-refractivity contribution in [3.63, 3.8) is 0 Å². The first-order chi connectivity index (χ1) is 11.0. The van der Waals surface area contributed by atoms with Crippen LogP contribution in [0.15, 0.2) is 41.1 Å². The molecule has 124 valence electrons. The Balaban J connectivity index is 0.00000127. The lowest BCUT2D eigenvalue weighted by molar-refractivity contribution is 0.772. The maximum absolute atomic E-state index is 12.8. The van der Waals surface area contributed by atoms with Crippen LogP contribution in [0.25, 0.3) is 10.5 Å². The number of allylic oxidation sites excluding steroid dienone is 5. The fourth-order valence-corrected chi connectivity index (χ4v) is 3.15. The minimum Gasteiger partial charge on any atom is -0.323 e. The summed E-state index contributed by atoms with van der Waals surface area (Å²) in [6.45, 7) is 11.4. The summed E-state index contributed by atoms with van der Waals surface area (Å²) in [4.78, 5) is 17.9. The van der Waals surface area contributed by atoms with Crippen LogP contribution in [0.2, 0.25) is 5.15 Å². The van der Waals surface area contributed by atoms with Gasteiger partial charge in [0.1, 0.15) is 5.15 Å². The van der Waals surface area contributed by atoms with Gasteiger partial charge in [0.25, 0.3) is 5.56 Å². The van der Waals surface area contributed by atoms with Crippen molar-refractivity contribution in [3.05, 3.63) is 63.0 Å². The van der Waals surface area contributed by atoms with Crippen molar-refractivity contribution >= 4 is 33.5 Å². The van der Waals surface area contributed by atoms with E-state index in [1.165, 1.54) is 15.7 Å². The maximum atomic E-state index is 12.8. The zero-order valence-electron chi connectivity index (χ0n) is 13.8. The molecule has 0 radical (unpaired) electrons. The van der Waals surface area contributed by atoms with Gasteiger partial charge in [-0.3, -0.25) is 4.79 Å². The van der Waals surface area contributed by atoms with Gasteiger partial charge in [-0.25, -0.2) is 9.38 Å². The molecule has 0 saturated carbocycles. The van der Waals surface area contributed by atoms with E-state index < -0.39 is 0 Å². The first-order valence-corrected chi connectivity index (χ1v) is 8.68. The lowest BCUT2D eigenvalue weighted by Crippen LogP contribution is -2.24. The normalized spacial score (nSPS) is 13.0. The Morgan fingerprint density at radius 1 is 1.52 bits per heavy atom. The number of nitrogens with zero attached hydrogens (tertiary/aromatic N) is 2. The van der Waals surface area contributed by atoms with E-state index in [2.05, 4.69) is 11.6 Å². The molecule has 2 rings (SSSR count). The maximum Gasteiger partial charge on any atom is 0.267 e. The van der Waals surface area contributed by atoms with E-state index >= 15 is 0 Å². The molecule has 2 aromatic heterocycles. The third-order valence-corrected chi connectivity index (χ3v) is 4.15. The quantitative estimate of drug-likeness (QED) is 0.819. The van der Waals surface area contributed by atoms with Crippen LogP contribution in [0.1, 0.15) is 45.0 Å². The van der Waals surface area contributed by atoms with Gasteiger partial charge in [0, 0.05) is 11.4 Å². The zero-order valence-corrected chi connectivity index (χ0v) is 15.4. The number of nitrogens with two attached hydrogens (primary N) is 1. The van der Waals surface area contributed by atoms with Crippen LogP contribution in [-0.4, -0.2) is 9.38 Å². The molecule has 0 fully saturated rings. The van der Waals surface area contributed by atoms with Crippen LogP contribution in [-0.2, 0) is 0 Å². The van der Waals surface area contributed by atoms with Gasteiger partial charge in [-0.1, -0.05) is 56.3 Å². The Morgan fingerprint density at radius 3 is 2.70 bits per heavy atom. The number of halogens is 1. The monoisotopic (exact) mass is 351 g/mol. The summed E-state index contributed by atoms with van der Waals surface area (Å²) in [6, 6.07) is -0.364. The topological polar surface area (TPSA) is 60.4 Å². The second-order valence-electron chi connectivity index (χ2n) is 4.50. The highest BCUT2D eigenvalue weighted by Gasteiger charge is 2.19. The van der Waals surface area contributed by atoms with E-state index in [1.807, 2.05) is 32.9 Å². The summed E-state index contributed by atoms with van der Waals surface area (Å²) in [5, 5.41) is 2.04. The number of rotatable bonds is 4. The van der Waals surface area contributed by atoms with Crippen LogP contribution in [0.4, 0.5) is 0 Å². The van der Waals surface area contributed by atoms with E-state index in [0.717, 1.165) is 0 Å². The van der Waals surface area contributed by atoms with E-state index in [-0.39, 0.29) is 11.6 Å². The standard InChI is InChI=1S/C15H16ClN3OS.C2H6/c1-4-6-10(7-5-2)12-13(9(3)17)18-15-19(14(12)20)11(16)8-21-15;1-2/h4-9H,1,17H2,2-3H3;1-2H3/b7-5-,10-6+;. The fraction of sp³-hybridized carbons (Fsp3) is 0.294. The summed E-state index contributed by atoms with van der Waals surface area (Å²) < 4.78 is 1.40. The van der Waals surface area contributed by atoms with Gasteiger partial charge in [0.15, 0.2) is 4.96 Å². The van der Waals surface area contributed by atoms with Gasteiger partial charge in [0.05, 0.1) is 11.3 Å². The van der Waals surface area contributed by atoms with Crippen molar-refractivity contribution in [1.29, 1.82) is 0 Å². The molecule has 0 aromatic carbocycles. The van der Waals surface area contributed by atoms with Crippen LogP contribution in [0, 0.1) is 0 Å². The molecule has 0 aliphatic heterocycles. The van der Waals surface area contributed by atoms with Gasteiger partial charge in [-0.2, -0.15) is 0 Å². The average molecular weight is 352 g/mol. The second-order valence-corrected chi connectivity index (χ2v) is 5.72. The van der Waals surface area contributed by atoms with Gasteiger partial charge in [0.2, 0.25) is 0 Å². The van der Waals surface area contributed by atoms with E-state index in [9.17, 15) is 4.79 Å². The Morgan fingerprint density at radius 2 is 2.17 bits per heavy atom. The van der Waals surface area contributed by atoms with Crippen LogP contribution < -0.4 is 11.3 Å². The van der Waals surface area contributed by atoms with Crippen molar-refractivity contribution in [2.75, 3.05) is 0 Å². The lowest BCUT2D eigenvalue weighted by Gasteiger charge is -2.12. The van der Waals surface area contributed by atoms with Crippen molar-refractivity contribution in [1.82, 2.24) is 9.38 Å². The van der Waals surface area contributed by atoms with E-state index in [0.29, 0.717) is 26.9 Å². The van der Waals surface area contributed by atoms with Gasteiger partial charge < -0.3 is 5.73 Å². The summed E-state index contributed by atoms with van der Waals surface area (Å²) in [6.07, 6.45) is 7.07. The molecule has 1 atom stereocenters. The van der Waals surface area contributed by atoms with Gasteiger partial charge >= 0.3 is 0 Å². The number of thiazole rings is 1. The molecular formula is C17H22ClN3OS. The number of aromatic nitrogens is 2. The fourth-order valence-electron chi connectivity index (χ4n) is 2.07. The van der Waals surface area contributed by atoms with Crippen molar-refractivity contribution in [2.45, 2.75) is 33.7 Å². The Labute approximate surface area is 145 Å². The molecule has 0 amide bonds. The summed E-state index contributed by atoms with van der Waals surface area (Å²) in [5.74, 6) is 0. The van der Waals surface area contributed by atoms with Crippen LogP contribution in [0.3, 0.4) is 0 Å². The van der Waals surface area contributed by atoms with Gasteiger partial charge in [-0.15, -0.1) is 11.3 Å². The molecule has 0 saturated heterocycles. The second kappa shape index (κ2) is 8.82. The van der Waals surface area contributed by atoms with E-state index in [1.54, 1.807) is 24.5 Å². The minimum absolute atomic E-state index is 0.218. The van der Waals surface area contributed by atoms with Crippen molar-refractivity contribution < 1.29 is 0 Å². The highest BCUT2D eigenvalue weighted by Crippen LogP contribution is 2.24. The minimum atomic E-state index is -0.364. The molecule has 0 spiro atoms. The van der Waals surface area contributed by atoms with Crippen LogP contribution >= 0.6 is 22.9 Å². The molecule has 6 heteroatoms. The molecular weight excluding hydrogens is 330 g/mol. The first-order valence-electron chi connectivity index (χ1n) is 7.42. The Hall–Kier alpha value is -1.69. The smallest absolute Gasteiger partial charge is 0.267 e. The number of hydrogen-bond acceptors (Lipinski definition) is 4. The predicted octanol–water partition coefficient (Wildman–Crippen LogP) is 4.60. The molecule has 4 nitrogen and oxygen atoms in total. The Kier molecular flexibility index (Phi) is 7.42. The zero-order chi connectivity index (χ0) is 17.6. The molecule has 0 bridgehead atoms. The average Bonchev–Trinajstić information content (AvgIpc) is 2.90. The first kappa shape index (κ1) is 19.4. The molecule has 0 aliphatic carbocycles. The molecule has 1 unspecified atom stereocenters.